The van der Waals surface area contributed by atoms with Gasteiger partial charge >= 0.3 is 0 Å². The standard InChI is InChI=1S/C27H25FN4O2S/c1-16-23-14-24(35-27(23)32(30-16)22-10-6-19(28)7-11-22)26(34)31(21-12-13-21)15-17-2-4-18(5-3-17)25(33)29-20-8-9-20/h2-7,10-11,14,20-21H,8-9,12-13,15H2,1H3,(H,29,33). The third kappa shape index (κ3) is 4.46. The van der Waals surface area contributed by atoms with E-state index in [1.165, 1.54) is 23.5 Å². The molecule has 0 bridgehead atoms. The highest BCUT2D eigenvalue weighted by atomic mass is 32.1. The molecule has 2 saturated carbocycles. The summed E-state index contributed by atoms with van der Waals surface area (Å²) in [5, 5.41) is 8.54. The fourth-order valence-electron chi connectivity index (χ4n) is 4.26. The van der Waals surface area contributed by atoms with Gasteiger partial charge in [-0.3, -0.25) is 9.59 Å². The Bertz CT molecular complexity index is 1420. The lowest BCUT2D eigenvalue weighted by Gasteiger charge is -2.22. The van der Waals surface area contributed by atoms with Gasteiger partial charge < -0.3 is 10.2 Å². The minimum absolute atomic E-state index is 0.00862. The first-order valence-corrected chi connectivity index (χ1v) is 12.7. The molecular weight excluding hydrogens is 463 g/mol. The number of fused-ring (bicyclic) bond motifs is 1. The van der Waals surface area contributed by atoms with Crippen LogP contribution in [0.5, 0.6) is 0 Å². The zero-order valence-corrected chi connectivity index (χ0v) is 20.1. The maximum absolute atomic E-state index is 13.6. The summed E-state index contributed by atoms with van der Waals surface area (Å²) in [6, 6.07) is 16.2. The van der Waals surface area contributed by atoms with Crippen LogP contribution < -0.4 is 5.32 Å². The number of hydrogen-bond donors (Lipinski definition) is 1. The zero-order valence-electron chi connectivity index (χ0n) is 19.3. The molecule has 2 fully saturated rings. The average molecular weight is 489 g/mol. The van der Waals surface area contributed by atoms with Gasteiger partial charge in [0.2, 0.25) is 0 Å². The lowest BCUT2D eigenvalue weighted by atomic mass is 10.1. The van der Waals surface area contributed by atoms with E-state index in [4.69, 9.17) is 0 Å². The first-order chi connectivity index (χ1) is 17.0. The normalized spacial score (nSPS) is 15.4. The van der Waals surface area contributed by atoms with Crippen molar-refractivity contribution in [1.29, 1.82) is 0 Å². The summed E-state index contributed by atoms with van der Waals surface area (Å²) in [5.41, 5.74) is 3.24. The summed E-state index contributed by atoms with van der Waals surface area (Å²) in [4.78, 5) is 29.4. The van der Waals surface area contributed by atoms with Crippen LogP contribution in [0.1, 0.15) is 57.0 Å². The van der Waals surface area contributed by atoms with Gasteiger partial charge in [0.15, 0.2) is 0 Å². The zero-order chi connectivity index (χ0) is 24.1. The number of amides is 2. The van der Waals surface area contributed by atoms with Crippen LogP contribution in [-0.2, 0) is 6.54 Å². The van der Waals surface area contributed by atoms with E-state index in [0.29, 0.717) is 23.0 Å². The topological polar surface area (TPSA) is 67.2 Å². The third-order valence-electron chi connectivity index (χ3n) is 6.56. The molecule has 2 aromatic heterocycles. The summed E-state index contributed by atoms with van der Waals surface area (Å²) in [6.45, 7) is 2.42. The van der Waals surface area contributed by atoms with Crippen molar-refractivity contribution in [1.82, 2.24) is 20.0 Å². The molecule has 35 heavy (non-hydrogen) atoms. The van der Waals surface area contributed by atoms with Gasteiger partial charge in [-0.1, -0.05) is 12.1 Å². The molecule has 178 valence electrons. The van der Waals surface area contributed by atoms with Crippen molar-refractivity contribution in [2.75, 3.05) is 0 Å². The van der Waals surface area contributed by atoms with Crippen molar-refractivity contribution in [2.24, 2.45) is 0 Å². The van der Waals surface area contributed by atoms with Crippen LogP contribution in [0.25, 0.3) is 15.9 Å². The number of hydrogen-bond acceptors (Lipinski definition) is 4. The summed E-state index contributed by atoms with van der Waals surface area (Å²) in [6.07, 6.45) is 4.12. The maximum Gasteiger partial charge on any atom is 0.264 e. The second-order valence-electron chi connectivity index (χ2n) is 9.41. The van der Waals surface area contributed by atoms with Crippen molar-refractivity contribution < 1.29 is 14.0 Å². The molecule has 4 aromatic rings. The summed E-state index contributed by atoms with van der Waals surface area (Å²) < 4.78 is 15.2. The first-order valence-electron chi connectivity index (χ1n) is 11.9. The number of nitrogens with zero attached hydrogens (tertiary/aromatic N) is 3. The predicted octanol–water partition coefficient (Wildman–Crippen LogP) is 5.23. The molecule has 1 N–H and O–H groups in total. The van der Waals surface area contributed by atoms with Crippen LogP contribution in [0, 0.1) is 12.7 Å². The second kappa shape index (κ2) is 8.61. The minimum Gasteiger partial charge on any atom is -0.349 e. The van der Waals surface area contributed by atoms with Crippen LogP contribution in [0.3, 0.4) is 0 Å². The number of nitrogens with one attached hydrogen (secondary N) is 1. The fraction of sp³-hybridized carbons (Fsp3) is 0.296. The Labute approximate surface area is 206 Å². The van der Waals surface area contributed by atoms with Crippen LogP contribution in [0.4, 0.5) is 4.39 Å². The van der Waals surface area contributed by atoms with Gasteiger partial charge in [0.1, 0.15) is 10.6 Å². The van der Waals surface area contributed by atoms with Gasteiger partial charge in [0.25, 0.3) is 11.8 Å². The molecule has 0 aliphatic heterocycles. The molecule has 2 aromatic carbocycles. The Morgan fingerprint density at radius 3 is 2.46 bits per heavy atom. The molecular formula is C27H25FN4O2S. The quantitative estimate of drug-likeness (QED) is 0.387. The van der Waals surface area contributed by atoms with Crippen LogP contribution in [-0.4, -0.2) is 38.6 Å². The number of carbonyl (C=O) groups is 2. The molecule has 2 amide bonds. The van der Waals surface area contributed by atoms with Crippen molar-refractivity contribution in [3.63, 3.8) is 0 Å². The number of benzene rings is 2. The molecule has 2 heterocycles. The van der Waals surface area contributed by atoms with E-state index in [1.54, 1.807) is 16.8 Å². The molecule has 6 nitrogen and oxygen atoms in total. The highest BCUT2D eigenvalue weighted by molar-refractivity contribution is 7.20. The lowest BCUT2D eigenvalue weighted by Crippen LogP contribution is -2.32. The Morgan fingerprint density at radius 2 is 1.80 bits per heavy atom. The van der Waals surface area contributed by atoms with Crippen molar-refractivity contribution >= 4 is 33.4 Å². The van der Waals surface area contributed by atoms with Crippen LogP contribution >= 0.6 is 11.3 Å². The minimum atomic E-state index is -0.299. The van der Waals surface area contributed by atoms with Crippen LogP contribution in [0.15, 0.2) is 54.6 Å². The molecule has 8 heteroatoms. The lowest BCUT2D eigenvalue weighted by molar-refractivity contribution is 0.0734. The van der Waals surface area contributed by atoms with E-state index >= 15 is 0 Å². The highest BCUT2D eigenvalue weighted by Crippen LogP contribution is 2.35. The number of rotatable bonds is 7. The van der Waals surface area contributed by atoms with E-state index < -0.39 is 0 Å². The van der Waals surface area contributed by atoms with Crippen molar-refractivity contribution in [3.05, 3.63) is 82.1 Å². The Hall–Kier alpha value is -3.52. The number of aromatic nitrogens is 2. The predicted molar refractivity (Wildman–Crippen MR) is 133 cm³/mol. The molecule has 2 aliphatic rings. The Morgan fingerprint density at radius 1 is 1.09 bits per heavy atom. The largest absolute Gasteiger partial charge is 0.349 e. The molecule has 0 spiro atoms. The molecule has 0 unspecified atom stereocenters. The monoisotopic (exact) mass is 488 g/mol. The van der Waals surface area contributed by atoms with Gasteiger partial charge in [-0.25, -0.2) is 9.07 Å². The van der Waals surface area contributed by atoms with Gasteiger partial charge in [0, 0.05) is 29.6 Å². The highest BCUT2D eigenvalue weighted by Gasteiger charge is 2.34. The maximum atomic E-state index is 13.6. The van der Waals surface area contributed by atoms with Crippen molar-refractivity contribution in [3.8, 4) is 5.69 Å². The van der Waals surface area contributed by atoms with E-state index in [0.717, 1.165) is 52.8 Å². The summed E-state index contributed by atoms with van der Waals surface area (Å²) >= 11 is 1.42. The average Bonchev–Trinajstić information content (AvgIpc) is 3.79. The SMILES string of the molecule is Cc1nn(-c2ccc(F)cc2)c2sc(C(=O)N(Cc3ccc(C(=O)NC4CC4)cc3)C3CC3)cc12. The number of carbonyl (C=O) groups excluding carboxylic acids is 2. The summed E-state index contributed by atoms with van der Waals surface area (Å²) in [5.74, 6) is -0.327. The van der Waals surface area contributed by atoms with Gasteiger partial charge in [-0.15, -0.1) is 11.3 Å². The molecule has 0 radical (unpaired) electrons. The van der Waals surface area contributed by atoms with Crippen molar-refractivity contribution in [2.45, 2.75) is 51.2 Å². The van der Waals surface area contributed by atoms with Gasteiger partial charge in [-0.05, 0) is 80.6 Å². The Balaban J connectivity index is 1.24. The smallest absolute Gasteiger partial charge is 0.264 e. The number of aryl methyl sites for hydroxylation is 1. The van der Waals surface area contributed by atoms with Gasteiger partial charge in [-0.2, -0.15) is 5.10 Å². The van der Waals surface area contributed by atoms with E-state index in [9.17, 15) is 14.0 Å². The van der Waals surface area contributed by atoms with E-state index in [-0.39, 0.29) is 23.7 Å². The van der Waals surface area contributed by atoms with E-state index in [2.05, 4.69) is 10.4 Å². The first kappa shape index (κ1) is 22.0. The molecule has 6 rings (SSSR count). The van der Waals surface area contributed by atoms with Crippen LogP contribution in [0.2, 0.25) is 0 Å². The molecule has 0 atom stereocenters. The second-order valence-corrected chi connectivity index (χ2v) is 10.4. The molecule has 2 aliphatic carbocycles. The summed E-state index contributed by atoms with van der Waals surface area (Å²) in [7, 11) is 0. The third-order valence-corrected chi connectivity index (χ3v) is 7.66. The number of halogens is 1. The fourth-order valence-corrected chi connectivity index (χ4v) is 5.40. The molecule has 0 saturated heterocycles. The van der Waals surface area contributed by atoms with E-state index in [1.807, 2.05) is 42.2 Å². The van der Waals surface area contributed by atoms with Gasteiger partial charge in [0.05, 0.1) is 16.3 Å². The Kier molecular flexibility index (Phi) is 5.40. The number of thiophene rings is 1.